The van der Waals surface area contributed by atoms with E-state index in [2.05, 4.69) is 25.9 Å². The van der Waals surface area contributed by atoms with Gasteiger partial charge in [0, 0.05) is 22.0 Å². The number of ketones is 1. The van der Waals surface area contributed by atoms with E-state index < -0.39 is 0 Å². The van der Waals surface area contributed by atoms with Crippen molar-refractivity contribution in [2.45, 2.75) is 24.9 Å². The highest BCUT2D eigenvalue weighted by atomic mass is 79.9. The molecule has 0 radical (unpaired) electrons. The minimum absolute atomic E-state index is 0.0213. The van der Waals surface area contributed by atoms with Crippen molar-refractivity contribution in [2.75, 3.05) is 12.5 Å². The van der Waals surface area contributed by atoms with Crippen LogP contribution in [0.25, 0.3) is 0 Å². The van der Waals surface area contributed by atoms with E-state index in [0.717, 1.165) is 15.8 Å². The molecule has 0 aliphatic carbocycles. The van der Waals surface area contributed by atoms with Gasteiger partial charge in [0.1, 0.15) is 0 Å². The number of nitrogens with one attached hydrogen (secondary N) is 1. The van der Waals surface area contributed by atoms with Gasteiger partial charge in [-0.15, -0.1) is 0 Å². The molecule has 0 spiro atoms. The van der Waals surface area contributed by atoms with Crippen molar-refractivity contribution >= 4 is 33.5 Å². The summed E-state index contributed by atoms with van der Waals surface area (Å²) in [6.45, 7) is 2.15. The van der Waals surface area contributed by atoms with Crippen LogP contribution in [-0.4, -0.2) is 28.3 Å². The highest BCUT2D eigenvalue weighted by Gasteiger charge is 2.16. The van der Waals surface area contributed by atoms with E-state index in [0.29, 0.717) is 40.6 Å². The first-order valence-corrected chi connectivity index (χ1v) is 11.2. The molecule has 2 aromatic carbocycles. The maximum Gasteiger partial charge on any atom is 0.254 e. The van der Waals surface area contributed by atoms with E-state index in [1.54, 1.807) is 12.1 Å². The summed E-state index contributed by atoms with van der Waals surface area (Å²) in [5.41, 5.74) is 2.80. The van der Waals surface area contributed by atoms with Gasteiger partial charge < -0.3 is 14.5 Å². The zero-order valence-corrected chi connectivity index (χ0v) is 18.6. The van der Waals surface area contributed by atoms with Crippen LogP contribution in [0.4, 0.5) is 0 Å². The predicted molar refractivity (Wildman–Crippen MR) is 119 cm³/mol. The van der Waals surface area contributed by atoms with Gasteiger partial charge in [-0.25, -0.2) is 4.98 Å². The number of hydrogen-bond acceptors (Lipinski definition) is 6. The zero-order chi connectivity index (χ0) is 21.1. The molecule has 30 heavy (non-hydrogen) atoms. The summed E-state index contributed by atoms with van der Waals surface area (Å²) < 4.78 is 11.7. The molecule has 4 rings (SSSR count). The Morgan fingerprint density at radius 3 is 2.70 bits per heavy atom. The van der Waals surface area contributed by atoms with E-state index >= 15 is 0 Å². The highest BCUT2D eigenvalue weighted by Crippen LogP contribution is 2.33. The van der Waals surface area contributed by atoms with Gasteiger partial charge in [0.05, 0.1) is 11.4 Å². The fraction of sp³-hybridized carbons (Fsp3) is 0.227. The lowest BCUT2D eigenvalue weighted by Gasteiger charge is -2.10. The summed E-state index contributed by atoms with van der Waals surface area (Å²) >= 11 is 4.60. The molecule has 1 aliphatic rings. The third-order valence-electron chi connectivity index (χ3n) is 4.75. The van der Waals surface area contributed by atoms with Gasteiger partial charge in [-0.1, -0.05) is 52.8 Å². The third kappa shape index (κ3) is 4.60. The molecule has 8 heteroatoms. The second-order valence-electron chi connectivity index (χ2n) is 6.73. The number of nitrogens with zero attached hydrogens (tertiary/aromatic N) is 1. The van der Waals surface area contributed by atoms with E-state index in [1.807, 2.05) is 37.3 Å². The number of carbonyl (C=O) groups is 1. The average Bonchev–Trinajstić information content (AvgIpc) is 3.20. The van der Waals surface area contributed by atoms with Gasteiger partial charge in [0.2, 0.25) is 6.79 Å². The van der Waals surface area contributed by atoms with Crippen LogP contribution >= 0.6 is 27.7 Å². The molecule has 3 aromatic rings. The number of ether oxygens (including phenoxy) is 2. The van der Waals surface area contributed by atoms with Crippen LogP contribution in [0.1, 0.15) is 34.1 Å². The van der Waals surface area contributed by atoms with Gasteiger partial charge in [-0.3, -0.25) is 9.59 Å². The monoisotopic (exact) mass is 486 g/mol. The van der Waals surface area contributed by atoms with Gasteiger partial charge in [0.15, 0.2) is 22.4 Å². The van der Waals surface area contributed by atoms with Gasteiger partial charge >= 0.3 is 0 Å². The number of thioether (sulfide) groups is 1. The number of Topliss-reactive ketones (excluding diaryl/α,β-unsaturated/α-hetero) is 1. The van der Waals surface area contributed by atoms with E-state index in [-0.39, 0.29) is 23.9 Å². The highest BCUT2D eigenvalue weighted by molar-refractivity contribution is 9.10. The predicted octanol–water partition coefficient (Wildman–Crippen LogP) is 4.39. The summed E-state index contributed by atoms with van der Waals surface area (Å²) in [6.07, 6.45) is 1.07. The minimum atomic E-state index is -0.165. The van der Waals surface area contributed by atoms with Crippen LogP contribution in [0, 0.1) is 0 Å². The SMILES string of the molecule is CCc1c(Cc2ccc3c(c2)OCO3)nc(SCC(=O)c2ccc(Br)cc2)[nH]c1=O. The summed E-state index contributed by atoms with van der Waals surface area (Å²) in [4.78, 5) is 32.5. The van der Waals surface area contributed by atoms with Crippen molar-refractivity contribution in [1.29, 1.82) is 0 Å². The van der Waals surface area contributed by atoms with Crippen LogP contribution in [0.5, 0.6) is 11.5 Å². The van der Waals surface area contributed by atoms with Crippen molar-refractivity contribution in [2.24, 2.45) is 0 Å². The summed E-state index contributed by atoms with van der Waals surface area (Å²) in [6, 6.07) is 12.9. The molecule has 0 saturated heterocycles. The number of benzene rings is 2. The molecule has 2 heterocycles. The Bertz CT molecular complexity index is 1140. The molecule has 0 atom stereocenters. The lowest BCUT2D eigenvalue weighted by atomic mass is 10.0. The molecule has 0 unspecified atom stereocenters. The van der Waals surface area contributed by atoms with Crippen LogP contribution in [0.3, 0.4) is 0 Å². The van der Waals surface area contributed by atoms with E-state index in [4.69, 9.17) is 9.47 Å². The fourth-order valence-electron chi connectivity index (χ4n) is 3.20. The third-order valence-corrected chi connectivity index (χ3v) is 6.15. The van der Waals surface area contributed by atoms with E-state index in [1.165, 1.54) is 11.8 Å². The number of aromatic amines is 1. The Hall–Kier alpha value is -2.58. The van der Waals surface area contributed by atoms with Gasteiger partial charge in [-0.2, -0.15) is 0 Å². The summed E-state index contributed by atoms with van der Waals surface area (Å²) in [5, 5.41) is 0.443. The lowest BCUT2D eigenvalue weighted by molar-refractivity contribution is 0.102. The van der Waals surface area contributed by atoms with Gasteiger partial charge in [0.25, 0.3) is 5.56 Å². The topological polar surface area (TPSA) is 81.3 Å². The minimum Gasteiger partial charge on any atom is -0.454 e. The van der Waals surface area contributed by atoms with Crippen molar-refractivity contribution in [1.82, 2.24) is 9.97 Å². The average molecular weight is 487 g/mol. The number of aromatic nitrogens is 2. The van der Waals surface area contributed by atoms with Crippen LogP contribution in [0.2, 0.25) is 0 Å². The molecule has 0 fully saturated rings. The molecule has 154 valence electrons. The summed E-state index contributed by atoms with van der Waals surface area (Å²) in [5.74, 6) is 1.59. The Morgan fingerprint density at radius 1 is 1.17 bits per heavy atom. The maximum atomic E-state index is 12.6. The molecule has 6 nitrogen and oxygen atoms in total. The molecule has 1 aliphatic heterocycles. The normalized spacial score (nSPS) is 12.2. The Labute approximate surface area is 186 Å². The number of carbonyl (C=O) groups excluding carboxylic acids is 1. The zero-order valence-electron chi connectivity index (χ0n) is 16.2. The first-order chi connectivity index (χ1) is 14.5. The number of fused-ring (bicyclic) bond motifs is 1. The second kappa shape index (κ2) is 9.06. The standard InChI is InChI=1S/C22H19BrN2O4S/c1-2-16-17(9-13-3-8-19-20(10-13)29-12-28-19)24-22(25-21(16)27)30-11-18(26)14-4-6-15(23)7-5-14/h3-8,10H,2,9,11-12H2,1H3,(H,24,25,27). The largest absolute Gasteiger partial charge is 0.454 e. The van der Waals surface area contributed by atoms with Crippen molar-refractivity contribution in [3.05, 3.63) is 79.7 Å². The lowest BCUT2D eigenvalue weighted by Crippen LogP contribution is -2.19. The molecule has 1 N–H and O–H groups in total. The van der Waals surface area contributed by atoms with Crippen molar-refractivity contribution < 1.29 is 14.3 Å². The summed E-state index contributed by atoms with van der Waals surface area (Å²) in [7, 11) is 0. The molecule has 0 bridgehead atoms. The molecule has 0 amide bonds. The number of rotatable bonds is 7. The Balaban J connectivity index is 1.53. The van der Waals surface area contributed by atoms with Crippen molar-refractivity contribution in [3.63, 3.8) is 0 Å². The molecular weight excluding hydrogens is 468 g/mol. The van der Waals surface area contributed by atoms with E-state index in [9.17, 15) is 9.59 Å². The van der Waals surface area contributed by atoms with Crippen LogP contribution in [-0.2, 0) is 12.8 Å². The first-order valence-electron chi connectivity index (χ1n) is 9.45. The Kier molecular flexibility index (Phi) is 6.24. The molecular formula is C22H19BrN2O4S. The Morgan fingerprint density at radius 2 is 1.93 bits per heavy atom. The van der Waals surface area contributed by atoms with Crippen LogP contribution in [0.15, 0.2) is 56.9 Å². The molecule has 1 aromatic heterocycles. The second-order valence-corrected chi connectivity index (χ2v) is 8.61. The smallest absolute Gasteiger partial charge is 0.254 e. The fourth-order valence-corrected chi connectivity index (χ4v) is 4.24. The van der Waals surface area contributed by atoms with Crippen LogP contribution < -0.4 is 15.0 Å². The quantitative estimate of drug-likeness (QED) is 0.303. The molecule has 0 saturated carbocycles. The number of halogens is 1. The van der Waals surface area contributed by atoms with Crippen molar-refractivity contribution in [3.8, 4) is 11.5 Å². The van der Waals surface area contributed by atoms with Gasteiger partial charge in [-0.05, 0) is 36.2 Å². The number of hydrogen-bond donors (Lipinski definition) is 1. The first kappa shape index (κ1) is 20.7. The number of H-pyrrole nitrogens is 1. The maximum absolute atomic E-state index is 12.6.